The van der Waals surface area contributed by atoms with Gasteiger partial charge in [-0.1, -0.05) is 24.3 Å². The molecule has 0 saturated carbocycles. The number of anilines is 1. The molecule has 1 aliphatic rings. The van der Waals surface area contributed by atoms with Crippen molar-refractivity contribution in [2.24, 2.45) is 5.92 Å². The summed E-state index contributed by atoms with van der Waals surface area (Å²) in [5.74, 6) is 0.537. The van der Waals surface area contributed by atoms with Crippen LogP contribution in [0, 0.1) is 5.92 Å². The first kappa shape index (κ1) is 18.0. The molecule has 1 atom stereocenters. The molecule has 0 aliphatic carbocycles. The molecule has 1 heterocycles. The van der Waals surface area contributed by atoms with E-state index < -0.39 is 0 Å². The van der Waals surface area contributed by atoms with Gasteiger partial charge in [0.1, 0.15) is 5.75 Å². The predicted molar refractivity (Wildman–Crippen MR) is 101 cm³/mol. The van der Waals surface area contributed by atoms with Crippen LogP contribution in [0.3, 0.4) is 0 Å². The Labute approximate surface area is 154 Å². The van der Waals surface area contributed by atoms with E-state index in [1.165, 1.54) is 11.1 Å². The van der Waals surface area contributed by atoms with E-state index in [4.69, 9.17) is 4.74 Å². The zero-order valence-electron chi connectivity index (χ0n) is 15.2. The third-order valence-corrected chi connectivity index (χ3v) is 4.83. The molecule has 1 unspecified atom stereocenters. The van der Waals surface area contributed by atoms with Crippen molar-refractivity contribution < 1.29 is 14.3 Å². The lowest BCUT2D eigenvalue weighted by molar-refractivity contribution is -0.125. The molecule has 1 saturated heterocycles. The summed E-state index contributed by atoms with van der Waals surface area (Å²) in [6.07, 6.45) is 2.12. The summed E-state index contributed by atoms with van der Waals surface area (Å²) < 4.78 is 5.26. The van der Waals surface area contributed by atoms with Crippen LogP contribution in [0.2, 0.25) is 0 Å². The zero-order valence-corrected chi connectivity index (χ0v) is 15.2. The molecule has 2 amide bonds. The summed E-state index contributed by atoms with van der Waals surface area (Å²) >= 11 is 0. The van der Waals surface area contributed by atoms with Crippen LogP contribution in [0.25, 0.3) is 0 Å². The van der Waals surface area contributed by atoms with E-state index in [9.17, 15) is 9.59 Å². The van der Waals surface area contributed by atoms with Crippen molar-refractivity contribution in [2.45, 2.75) is 19.3 Å². The summed E-state index contributed by atoms with van der Waals surface area (Å²) in [5.41, 5.74) is 3.30. The molecule has 0 aromatic heterocycles. The number of carbonyl (C=O) groups excluding carboxylic acids is 2. The van der Waals surface area contributed by atoms with Crippen molar-refractivity contribution in [3.05, 3.63) is 59.7 Å². The van der Waals surface area contributed by atoms with Gasteiger partial charge in [0.15, 0.2) is 0 Å². The van der Waals surface area contributed by atoms with Crippen LogP contribution in [-0.4, -0.2) is 32.5 Å². The maximum absolute atomic E-state index is 12.2. The summed E-state index contributed by atoms with van der Waals surface area (Å²) in [7, 11) is 3.28. The largest absolute Gasteiger partial charge is 0.497 e. The third-order valence-electron chi connectivity index (χ3n) is 4.83. The van der Waals surface area contributed by atoms with Crippen molar-refractivity contribution >= 4 is 17.5 Å². The van der Waals surface area contributed by atoms with E-state index in [0.717, 1.165) is 24.3 Å². The molecule has 2 aromatic carbocycles. The minimum absolute atomic E-state index is 0.00253. The van der Waals surface area contributed by atoms with E-state index in [0.29, 0.717) is 6.54 Å². The van der Waals surface area contributed by atoms with Crippen LogP contribution < -0.4 is 15.0 Å². The average molecular weight is 352 g/mol. The molecule has 26 heavy (non-hydrogen) atoms. The molecule has 0 spiro atoms. The zero-order chi connectivity index (χ0) is 18.5. The lowest BCUT2D eigenvalue weighted by atomic mass is 10.0. The number of amides is 2. The van der Waals surface area contributed by atoms with Crippen LogP contribution in [0.15, 0.2) is 48.5 Å². The van der Waals surface area contributed by atoms with Crippen molar-refractivity contribution in [2.75, 3.05) is 25.6 Å². The van der Waals surface area contributed by atoms with Crippen molar-refractivity contribution in [3.63, 3.8) is 0 Å². The SMILES string of the molecule is CNC(=O)C1CC(=O)N(c2ccc(CCc3cccc(OC)c3)cc2)C1. The fourth-order valence-corrected chi connectivity index (χ4v) is 3.30. The number of hydrogen-bond donors (Lipinski definition) is 1. The van der Waals surface area contributed by atoms with Gasteiger partial charge in [0.25, 0.3) is 0 Å². The quantitative estimate of drug-likeness (QED) is 0.869. The second-order valence-electron chi connectivity index (χ2n) is 6.54. The summed E-state index contributed by atoms with van der Waals surface area (Å²) in [6, 6.07) is 16.1. The molecule has 5 heteroatoms. The Morgan fingerprint density at radius 1 is 1.15 bits per heavy atom. The highest BCUT2D eigenvalue weighted by Crippen LogP contribution is 2.26. The van der Waals surface area contributed by atoms with E-state index in [-0.39, 0.29) is 24.2 Å². The lowest BCUT2D eigenvalue weighted by Gasteiger charge is -2.17. The van der Waals surface area contributed by atoms with E-state index in [1.54, 1.807) is 19.1 Å². The maximum Gasteiger partial charge on any atom is 0.227 e. The van der Waals surface area contributed by atoms with Crippen LogP contribution in [0.1, 0.15) is 17.5 Å². The van der Waals surface area contributed by atoms with Gasteiger partial charge in [-0.05, 0) is 48.2 Å². The van der Waals surface area contributed by atoms with Crippen molar-refractivity contribution in [3.8, 4) is 5.75 Å². The monoisotopic (exact) mass is 352 g/mol. The minimum atomic E-state index is -0.264. The number of methoxy groups -OCH3 is 1. The number of nitrogens with one attached hydrogen (secondary N) is 1. The molecule has 0 bridgehead atoms. The number of aryl methyl sites for hydroxylation is 2. The van der Waals surface area contributed by atoms with Gasteiger partial charge in [0, 0.05) is 25.7 Å². The van der Waals surface area contributed by atoms with Crippen molar-refractivity contribution in [1.82, 2.24) is 5.32 Å². The molecule has 1 N–H and O–H groups in total. The number of carbonyl (C=O) groups is 2. The van der Waals surface area contributed by atoms with Gasteiger partial charge in [0.2, 0.25) is 11.8 Å². The fraction of sp³-hybridized carbons (Fsp3) is 0.333. The Morgan fingerprint density at radius 3 is 2.58 bits per heavy atom. The second-order valence-corrected chi connectivity index (χ2v) is 6.54. The Kier molecular flexibility index (Phi) is 5.56. The molecule has 0 radical (unpaired) electrons. The van der Waals surface area contributed by atoms with Crippen LogP contribution in [-0.2, 0) is 22.4 Å². The first-order chi connectivity index (χ1) is 12.6. The highest BCUT2D eigenvalue weighted by molar-refractivity contribution is 6.00. The first-order valence-electron chi connectivity index (χ1n) is 8.84. The highest BCUT2D eigenvalue weighted by atomic mass is 16.5. The highest BCUT2D eigenvalue weighted by Gasteiger charge is 2.34. The maximum atomic E-state index is 12.2. The molecular weight excluding hydrogens is 328 g/mol. The molecular formula is C21H24N2O3. The molecule has 3 rings (SSSR count). The third kappa shape index (κ3) is 4.04. The summed E-state index contributed by atoms with van der Waals surface area (Å²) in [5, 5.41) is 2.62. The van der Waals surface area contributed by atoms with Gasteiger partial charge >= 0.3 is 0 Å². The lowest BCUT2D eigenvalue weighted by Crippen LogP contribution is -2.30. The van der Waals surface area contributed by atoms with Crippen LogP contribution in [0.5, 0.6) is 5.75 Å². The van der Waals surface area contributed by atoms with Gasteiger partial charge in [-0.25, -0.2) is 0 Å². The Balaban J connectivity index is 1.61. The van der Waals surface area contributed by atoms with E-state index in [2.05, 4.69) is 29.6 Å². The fourth-order valence-electron chi connectivity index (χ4n) is 3.30. The van der Waals surface area contributed by atoms with E-state index >= 15 is 0 Å². The smallest absolute Gasteiger partial charge is 0.227 e. The van der Waals surface area contributed by atoms with Gasteiger partial charge in [0.05, 0.1) is 13.0 Å². The topological polar surface area (TPSA) is 58.6 Å². The number of nitrogens with zero attached hydrogens (tertiary/aromatic N) is 1. The van der Waals surface area contributed by atoms with Gasteiger partial charge in [-0.3, -0.25) is 9.59 Å². The molecule has 136 valence electrons. The minimum Gasteiger partial charge on any atom is -0.497 e. The summed E-state index contributed by atoms with van der Waals surface area (Å²) in [4.78, 5) is 25.7. The Bertz CT molecular complexity index is 786. The summed E-state index contributed by atoms with van der Waals surface area (Å²) in [6.45, 7) is 0.446. The van der Waals surface area contributed by atoms with Gasteiger partial charge in [-0.2, -0.15) is 0 Å². The van der Waals surface area contributed by atoms with E-state index in [1.807, 2.05) is 24.3 Å². The predicted octanol–water partition coefficient (Wildman–Crippen LogP) is 2.58. The molecule has 1 fully saturated rings. The Morgan fingerprint density at radius 2 is 1.88 bits per heavy atom. The second kappa shape index (κ2) is 8.04. The molecule has 2 aromatic rings. The van der Waals surface area contributed by atoms with Crippen LogP contribution >= 0.6 is 0 Å². The van der Waals surface area contributed by atoms with Crippen molar-refractivity contribution in [1.29, 1.82) is 0 Å². The molecule has 1 aliphatic heterocycles. The van der Waals surface area contributed by atoms with Gasteiger partial charge in [-0.15, -0.1) is 0 Å². The number of benzene rings is 2. The number of hydrogen-bond acceptors (Lipinski definition) is 3. The normalized spacial score (nSPS) is 16.6. The number of ether oxygens (including phenoxy) is 1. The Hall–Kier alpha value is -2.82. The number of rotatable bonds is 6. The average Bonchev–Trinajstić information content (AvgIpc) is 3.08. The van der Waals surface area contributed by atoms with Crippen LogP contribution in [0.4, 0.5) is 5.69 Å². The first-order valence-corrected chi connectivity index (χ1v) is 8.84. The van der Waals surface area contributed by atoms with Gasteiger partial charge < -0.3 is 15.0 Å². The molecule has 5 nitrogen and oxygen atoms in total. The standard InChI is InChI=1S/C21H24N2O3/c1-22-21(25)17-13-20(24)23(14-17)18-10-8-15(9-11-18)6-7-16-4-3-5-19(12-16)26-2/h3-5,8-12,17H,6-7,13-14H2,1-2H3,(H,22,25).